The maximum absolute atomic E-state index is 12.6. The molecular formula is C11H18BrN3O2S. The molecule has 2 heterocycles. The molecule has 1 aliphatic rings. The molecule has 1 aromatic heterocycles. The molecule has 0 bridgehead atoms. The van der Waals surface area contributed by atoms with Crippen LogP contribution in [0.3, 0.4) is 0 Å². The highest BCUT2D eigenvalue weighted by Crippen LogP contribution is 2.27. The zero-order valence-electron chi connectivity index (χ0n) is 10.9. The van der Waals surface area contributed by atoms with Crippen molar-refractivity contribution in [2.24, 2.45) is 7.05 Å². The van der Waals surface area contributed by atoms with E-state index in [9.17, 15) is 8.42 Å². The van der Waals surface area contributed by atoms with Crippen LogP contribution >= 0.6 is 15.9 Å². The summed E-state index contributed by atoms with van der Waals surface area (Å²) < 4.78 is 28.5. The van der Waals surface area contributed by atoms with Crippen LogP contribution < -0.4 is 0 Å². The number of aromatic nitrogens is 2. The van der Waals surface area contributed by atoms with Crippen LogP contribution in [0.1, 0.15) is 24.2 Å². The Bertz CT molecular complexity index is 553. The summed E-state index contributed by atoms with van der Waals surface area (Å²) in [6.07, 6.45) is 1.92. The van der Waals surface area contributed by atoms with E-state index >= 15 is 0 Å². The van der Waals surface area contributed by atoms with Crippen LogP contribution in [0.15, 0.2) is 4.90 Å². The summed E-state index contributed by atoms with van der Waals surface area (Å²) >= 11 is 3.51. The molecule has 1 aromatic rings. The van der Waals surface area contributed by atoms with E-state index in [1.807, 2.05) is 0 Å². The van der Waals surface area contributed by atoms with Crippen molar-refractivity contribution in [3.05, 3.63) is 11.4 Å². The van der Waals surface area contributed by atoms with E-state index in [0.29, 0.717) is 29.4 Å². The van der Waals surface area contributed by atoms with Crippen LogP contribution in [0, 0.1) is 13.8 Å². The standard InChI is InChI=1S/C11H18BrN3O2S/c1-8-11(9(2)14(3)13-8)18(16,17)15-6-4-5-10(12)7-15/h10H,4-7H2,1-3H3. The van der Waals surface area contributed by atoms with E-state index in [1.165, 1.54) is 0 Å². The van der Waals surface area contributed by atoms with Gasteiger partial charge in [-0.2, -0.15) is 9.40 Å². The topological polar surface area (TPSA) is 55.2 Å². The molecule has 2 rings (SSSR count). The number of hydrogen-bond acceptors (Lipinski definition) is 3. The average molecular weight is 336 g/mol. The van der Waals surface area contributed by atoms with Crippen LogP contribution in [0.4, 0.5) is 0 Å². The van der Waals surface area contributed by atoms with Gasteiger partial charge in [0.25, 0.3) is 0 Å². The second-order valence-electron chi connectivity index (χ2n) is 4.73. The van der Waals surface area contributed by atoms with Crippen molar-refractivity contribution in [3.8, 4) is 0 Å². The van der Waals surface area contributed by atoms with Gasteiger partial charge in [0.1, 0.15) is 4.90 Å². The first-order valence-corrected chi connectivity index (χ1v) is 8.34. The minimum absolute atomic E-state index is 0.248. The van der Waals surface area contributed by atoms with E-state index in [-0.39, 0.29) is 4.83 Å². The number of alkyl halides is 1. The number of piperidine rings is 1. The van der Waals surface area contributed by atoms with Crippen LogP contribution in [-0.4, -0.2) is 40.4 Å². The fraction of sp³-hybridized carbons (Fsp3) is 0.727. The zero-order valence-corrected chi connectivity index (χ0v) is 13.3. The van der Waals surface area contributed by atoms with Crippen molar-refractivity contribution in [2.75, 3.05) is 13.1 Å². The third-order valence-corrected chi connectivity index (χ3v) is 6.23. The zero-order chi connectivity index (χ0) is 13.5. The molecule has 18 heavy (non-hydrogen) atoms. The van der Waals surface area contributed by atoms with Gasteiger partial charge in [-0.3, -0.25) is 4.68 Å². The molecule has 0 radical (unpaired) electrons. The molecule has 0 aromatic carbocycles. The monoisotopic (exact) mass is 335 g/mol. The fourth-order valence-corrected chi connectivity index (χ4v) is 5.16. The molecule has 0 N–H and O–H groups in total. The Morgan fingerprint density at radius 3 is 2.56 bits per heavy atom. The predicted molar refractivity (Wildman–Crippen MR) is 73.4 cm³/mol. The number of sulfonamides is 1. The summed E-state index contributed by atoms with van der Waals surface area (Å²) in [6.45, 7) is 4.67. The maximum Gasteiger partial charge on any atom is 0.246 e. The van der Waals surface area contributed by atoms with Crippen LogP contribution in [0.5, 0.6) is 0 Å². The molecule has 1 atom stereocenters. The Morgan fingerprint density at radius 2 is 2.06 bits per heavy atom. The van der Waals surface area contributed by atoms with Crippen molar-refractivity contribution >= 4 is 26.0 Å². The molecule has 1 saturated heterocycles. The average Bonchev–Trinajstić information content (AvgIpc) is 2.53. The Labute approximate surface area is 116 Å². The smallest absolute Gasteiger partial charge is 0.246 e. The fourth-order valence-electron chi connectivity index (χ4n) is 2.37. The molecule has 1 aliphatic heterocycles. The van der Waals surface area contributed by atoms with Crippen LogP contribution in [0.25, 0.3) is 0 Å². The van der Waals surface area contributed by atoms with Gasteiger partial charge in [-0.25, -0.2) is 8.42 Å². The Morgan fingerprint density at radius 1 is 1.39 bits per heavy atom. The molecule has 0 aliphatic carbocycles. The van der Waals surface area contributed by atoms with Crippen LogP contribution in [0.2, 0.25) is 0 Å². The number of halogens is 1. The van der Waals surface area contributed by atoms with E-state index in [4.69, 9.17) is 0 Å². The van der Waals surface area contributed by atoms with Gasteiger partial charge in [-0.1, -0.05) is 15.9 Å². The largest absolute Gasteiger partial charge is 0.271 e. The first-order valence-electron chi connectivity index (χ1n) is 5.98. The van der Waals surface area contributed by atoms with E-state index in [2.05, 4.69) is 21.0 Å². The van der Waals surface area contributed by atoms with Gasteiger partial charge in [-0.15, -0.1) is 0 Å². The van der Waals surface area contributed by atoms with Crippen molar-refractivity contribution in [1.82, 2.24) is 14.1 Å². The molecule has 0 spiro atoms. The minimum Gasteiger partial charge on any atom is -0.271 e. The van der Waals surface area contributed by atoms with Gasteiger partial charge in [0, 0.05) is 25.0 Å². The Balaban J connectivity index is 2.42. The highest BCUT2D eigenvalue weighted by molar-refractivity contribution is 9.09. The molecule has 0 saturated carbocycles. The second-order valence-corrected chi connectivity index (χ2v) is 7.90. The van der Waals surface area contributed by atoms with E-state index in [1.54, 1.807) is 29.9 Å². The summed E-state index contributed by atoms with van der Waals surface area (Å²) in [5.74, 6) is 0. The number of aryl methyl sites for hydroxylation is 2. The van der Waals surface area contributed by atoms with Crippen molar-refractivity contribution in [3.63, 3.8) is 0 Å². The summed E-state index contributed by atoms with van der Waals surface area (Å²) in [4.78, 5) is 0.616. The third kappa shape index (κ3) is 2.35. The SMILES string of the molecule is Cc1nn(C)c(C)c1S(=O)(=O)N1CCCC(Br)C1. The molecular weight excluding hydrogens is 318 g/mol. The van der Waals surface area contributed by atoms with Gasteiger partial charge in [0.05, 0.1) is 11.4 Å². The number of rotatable bonds is 2. The first-order chi connectivity index (χ1) is 8.34. The molecule has 0 amide bonds. The molecule has 102 valence electrons. The lowest BCUT2D eigenvalue weighted by molar-refractivity contribution is 0.355. The lowest BCUT2D eigenvalue weighted by Crippen LogP contribution is -2.40. The van der Waals surface area contributed by atoms with Crippen LogP contribution in [-0.2, 0) is 17.1 Å². The highest BCUT2D eigenvalue weighted by Gasteiger charge is 2.33. The third-order valence-electron chi connectivity index (χ3n) is 3.37. The first kappa shape index (κ1) is 14.0. The summed E-state index contributed by atoms with van der Waals surface area (Å²) in [6, 6.07) is 0. The lowest BCUT2D eigenvalue weighted by atomic mass is 10.2. The molecule has 1 fully saturated rings. The van der Waals surface area contributed by atoms with Crippen molar-refractivity contribution < 1.29 is 8.42 Å². The number of nitrogens with zero attached hydrogens (tertiary/aromatic N) is 3. The van der Waals surface area contributed by atoms with Gasteiger partial charge >= 0.3 is 0 Å². The minimum atomic E-state index is -3.42. The number of hydrogen-bond donors (Lipinski definition) is 0. The van der Waals surface area contributed by atoms with E-state index < -0.39 is 10.0 Å². The predicted octanol–water partition coefficient (Wildman–Crippen LogP) is 1.58. The van der Waals surface area contributed by atoms with Gasteiger partial charge in [0.2, 0.25) is 10.0 Å². The van der Waals surface area contributed by atoms with Gasteiger partial charge in [-0.05, 0) is 26.7 Å². The second kappa shape index (κ2) is 4.94. The Hall–Kier alpha value is -0.400. The summed E-state index contributed by atoms with van der Waals surface area (Å²) in [7, 11) is -1.65. The van der Waals surface area contributed by atoms with Crippen molar-refractivity contribution in [2.45, 2.75) is 36.4 Å². The molecule has 5 nitrogen and oxygen atoms in total. The Kier molecular flexibility index (Phi) is 3.85. The van der Waals surface area contributed by atoms with Crippen molar-refractivity contribution in [1.29, 1.82) is 0 Å². The summed E-state index contributed by atoms with van der Waals surface area (Å²) in [5, 5.41) is 4.19. The van der Waals surface area contributed by atoms with Gasteiger partial charge in [0.15, 0.2) is 0 Å². The molecule has 7 heteroatoms. The van der Waals surface area contributed by atoms with Gasteiger partial charge < -0.3 is 0 Å². The quantitative estimate of drug-likeness (QED) is 0.771. The highest BCUT2D eigenvalue weighted by atomic mass is 79.9. The summed E-state index contributed by atoms with van der Waals surface area (Å²) in [5.41, 5.74) is 1.27. The lowest BCUT2D eigenvalue weighted by Gasteiger charge is -2.29. The molecule has 1 unspecified atom stereocenters. The van der Waals surface area contributed by atoms with E-state index in [0.717, 1.165) is 12.8 Å². The normalized spacial score (nSPS) is 22.3. The maximum atomic E-state index is 12.6.